The average molecular weight is 297 g/mol. The minimum absolute atomic E-state index is 0.0505. The molecule has 3 heteroatoms. The van der Waals surface area contributed by atoms with E-state index in [0.29, 0.717) is 5.92 Å². The van der Waals surface area contributed by atoms with E-state index in [2.05, 4.69) is 55.4 Å². The molecule has 0 saturated heterocycles. The Balaban J connectivity index is 2.37. The molecule has 0 aliphatic carbocycles. The van der Waals surface area contributed by atoms with Crippen LogP contribution in [-0.4, -0.2) is 17.5 Å². The Morgan fingerprint density at radius 3 is 2.52 bits per heavy atom. The van der Waals surface area contributed by atoms with Crippen molar-refractivity contribution in [1.82, 2.24) is 4.98 Å². The predicted molar refractivity (Wildman–Crippen MR) is 91.2 cm³/mol. The van der Waals surface area contributed by atoms with E-state index < -0.39 is 0 Å². The maximum Gasteiger partial charge on any atom is 0.127 e. The molecule has 1 unspecified atom stereocenters. The minimum atomic E-state index is -0.0505. The minimum Gasteiger partial charge on any atom is -0.354 e. The number of aldehydes is 1. The Morgan fingerprint density at radius 1 is 1.10 bits per heavy atom. The van der Waals surface area contributed by atoms with Gasteiger partial charge < -0.3 is 9.78 Å². The Morgan fingerprint density at radius 2 is 1.86 bits per heavy atom. The zero-order chi connectivity index (χ0) is 15.0. The van der Waals surface area contributed by atoms with Gasteiger partial charge >= 0.3 is 0 Å². The van der Waals surface area contributed by atoms with Crippen molar-refractivity contribution in [3.8, 4) is 0 Å². The number of hydrogen-bond donors (Lipinski definition) is 1. The first-order valence-corrected chi connectivity index (χ1v) is 8.42. The maximum atomic E-state index is 11.5. The number of benzene rings is 2. The van der Waals surface area contributed by atoms with Crippen LogP contribution in [0.15, 0.2) is 41.3 Å². The molecule has 1 aromatic heterocycles. The molecule has 0 saturated carbocycles. The van der Waals surface area contributed by atoms with E-state index in [0.717, 1.165) is 22.9 Å². The third kappa shape index (κ3) is 2.26. The lowest BCUT2D eigenvalue weighted by molar-refractivity contribution is -0.109. The van der Waals surface area contributed by atoms with Crippen molar-refractivity contribution in [3.63, 3.8) is 0 Å². The van der Waals surface area contributed by atoms with Gasteiger partial charge in [0.15, 0.2) is 0 Å². The molecule has 0 amide bonds. The second-order valence-corrected chi connectivity index (χ2v) is 6.50. The zero-order valence-electron chi connectivity index (χ0n) is 12.5. The number of para-hydroxylation sites is 1. The fraction of sp³-hybridized carbons (Fsp3) is 0.278. The number of carbonyl (C=O) groups excluding carboxylic acids is 1. The van der Waals surface area contributed by atoms with E-state index in [9.17, 15) is 4.79 Å². The third-order valence-corrected chi connectivity index (χ3v) is 4.93. The van der Waals surface area contributed by atoms with Crippen molar-refractivity contribution >= 4 is 39.9 Å². The first-order chi connectivity index (χ1) is 10.2. The molecule has 0 fully saturated rings. The van der Waals surface area contributed by atoms with Crippen LogP contribution in [0, 0.1) is 5.92 Å². The van der Waals surface area contributed by atoms with Crippen molar-refractivity contribution in [3.05, 3.63) is 42.0 Å². The topological polar surface area (TPSA) is 32.9 Å². The fourth-order valence-electron chi connectivity index (χ4n) is 3.00. The number of carbonyl (C=O) groups is 1. The first-order valence-electron chi connectivity index (χ1n) is 7.20. The van der Waals surface area contributed by atoms with Crippen molar-refractivity contribution in [2.75, 3.05) is 6.26 Å². The van der Waals surface area contributed by atoms with Crippen LogP contribution in [0.4, 0.5) is 0 Å². The summed E-state index contributed by atoms with van der Waals surface area (Å²) in [6, 6.07) is 12.5. The predicted octanol–water partition coefficient (Wildman–Crippen LogP) is 4.98. The van der Waals surface area contributed by atoms with Gasteiger partial charge in [0, 0.05) is 32.6 Å². The molecule has 1 atom stereocenters. The standard InChI is InChI=1S/C18H19NOS/c1-11(2)14(10-20)12-8-9-16-17(18(12)21-3)13-6-4-5-7-15(13)19-16/h4-11,14,19H,1-3H3. The Hall–Kier alpha value is -1.74. The quantitative estimate of drug-likeness (QED) is 0.544. The summed E-state index contributed by atoms with van der Waals surface area (Å²) in [4.78, 5) is 16.2. The molecule has 1 N–H and O–H groups in total. The van der Waals surface area contributed by atoms with Crippen LogP contribution in [0.2, 0.25) is 0 Å². The van der Waals surface area contributed by atoms with Crippen LogP contribution >= 0.6 is 11.8 Å². The summed E-state index contributed by atoms with van der Waals surface area (Å²) in [5, 5.41) is 2.47. The lowest BCUT2D eigenvalue weighted by atomic mass is 9.89. The van der Waals surface area contributed by atoms with Gasteiger partial charge in [-0.15, -0.1) is 11.8 Å². The second-order valence-electron chi connectivity index (χ2n) is 5.69. The molecule has 1 heterocycles. The molecule has 3 rings (SSSR count). The normalized spacial score (nSPS) is 13.1. The van der Waals surface area contributed by atoms with E-state index in [1.165, 1.54) is 15.7 Å². The number of fused-ring (bicyclic) bond motifs is 3. The maximum absolute atomic E-state index is 11.5. The molecule has 0 aliphatic rings. The van der Waals surface area contributed by atoms with Crippen molar-refractivity contribution in [2.45, 2.75) is 24.7 Å². The van der Waals surface area contributed by atoms with Crippen LogP contribution in [0.25, 0.3) is 21.8 Å². The van der Waals surface area contributed by atoms with Gasteiger partial charge in [-0.25, -0.2) is 0 Å². The number of thioether (sulfide) groups is 1. The smallest absolute Gasteiger partial charge is 0.127 e. The number of rotatable bonds is 4. The molecule has 3 aromatic rings. The van der Waals surface area contributed by atoms with Gasteiger partial charge in [-0.3, -0.25) is 0 Å². The second kappa shape index (κ2) is 5.57. The highest BCUT2D eigenvalue weighted by Crippen LogP contribution is 2.39. The van der Waals surface area contributed by atoms with E-state index in [1.54, 1.807) is 11.8 Å². The fourth-order valence-corrected chi connectivity index (χ4v) is 3.86. The lowest BCUT2D eigenvalue weighted by Crippen LogP contribution is -2.09. The molecular weight excluding hydrogens is 278 g/mol. The summed E-state index contributed by atoms with van der Waals surface area (Å²) >= 11 is 1.73. The summed E-state index contributed by atoms with van der Waals surface area (Å²) in [5.41, 5.74) is 3.43. The van der Waals surface area contributed by atoms with Crippen LogP contribution < -0.4 is 0 Å². The highest BCUT2D eigenvalue weighted by molar-refractivity contribution is 7.98. The Labute approximate surface area is 128 Å². The molecule has 2 nitrogen and oxygen atoms in total. The van der Waals surface area contributed by atoms with Gasteiger partial charge in [0.25, 0.3) is 0 Å². The Bertz CT molecular complexity index is 803. The zero-order valence-corrected chi connectivity index (χ0v) is 13.3. The highest BCUT2D eigenvalue weighted by atomic mass is 32.2. The molecule has 108 valence electrons. The number of hydrogen-bond acceptors (Lipinski definition) is 2. The largest absolute Gasteiger partial charge is 0.354 e. The summed E-state index contributed by atoms with van der Waals surface area (Å²) in [7, 11) is 0. The monoisotopic (exact) mass is 297 g/mol. The number of aromatic nitrogens is 1. The van der Waals surface area contributed by atoms with Gasteiger partial charge in [0.1, 0.15) is 6.29 Å². The molecule has 0 radical (unpaired) electrons. The molecule has 0 aliphatic heterocycles. The van der Waals surface area contributed by atoms with Gasteiger partial charge in [0.2, 0.25) is 0 Å². The summed E-state index contributed by atoms with van der Waals surface area (Å²) in [6.45, 7) is 4.20. The van der Waals surface area contributed by atoms with Crippen molar-refractivity contribution in [1.29, 1.82) is 0 Å². The molecule has 0 spiro atoms. The van der Waals surface area contributed by atoms with E-state index in [4.69, 9.17) is 0 Å². The molecule has 2 aromatic carbocycles. The number of nitrogens with one attached hydrogen (secondary N) is 1. The van der Waals surface area contributed by atoms with Gasteiger partial charge in [-0.1, -0.05) is 38.1 Å². The average Bonchev–Trinajstić information content (AvgIpc) is 2.86. The first kappa shape index (κ1) is 14.2. The van der Waals surface area contributed by atoms with Crippen LogP contribution in [0.1, 0.15) is 25.3 Å². The SMILES string of the molecule is CSc1c(C(C=O)C(C)C)ccc2[nH]c3ccccc3c12. The van der Waals surface area contributed by atoms with E-state index >= 15 is 0 Å². The van der Waals surface area contributed by atoms with Gasteiger partial charge in [0.05, 0.1) is 0 Å². The van der Waals surface area contributed by atoms with Crippen molar-refractivity contribution in [2.24, 2.45) is 5.92 Å². The van der Waals surface area contributed by atoms with E-state index in [-0.39, 0.29) is 5.92 Å². The number of aromatic amines is 1. The van der Waals surface area contributed by atoms with Gasteiger partial charge in [-0.05, 0) is 29.9 Å². The summed E-state index contributed by atoms with van der Waals surface area (Å²) in [5.74, 6) is 0.251. The third-order valence-electron chi connectivity index (χ3n) is 4.08. The van der Waals surface area contributed by atoms with E-state index in [1.807, 2.05) is 6.07 Å². The molecule has 0 bridgehead atoms. The summed E-state index contributed by atoms with van der Waals surface area (Å²) in [6.07, 6.45) is 3.17. The van der Waals surface area contributed by atoms with Crippen LogP contribution in [0.3, 0.4) is 0 Å². The van der Waals surface area contributed by atoms with Crippen LogP contribution in [-0.2, 0) is 4.79 Å². The van der Waals surface area contributed by atoms with Crippen molar-refractivity contribution < 1.29 is 4.79 Å². The Kier molecular flexibility index (Phi) is 3.77. The van der Waals surface area contributed by atoms with Gasteiger partial charge in [-0.2, -0.15) is 0 Å². The number of H-pyrrole nitrogens is 1. The molecule has 21 heavy (non-hydrogen) atoms. The van der Waals surface area contributed by atoms with Crippen LogP contribution in [0.5, 0.6) is 0 Å². The lowest BCUT2D eigenvalue weighted by Gasteiger charge is -2.18. The molecular formula is C18H19NOS. The summed E-state index contributed by atoms with van der Waals surface area (Å²) < 4.78 is 0. The highest BCUT2D eigenvalue weighted by Gasteiger charge is 2.21.